The Labute approximate surface area is 250 Å². The first-order valence-corrected chi connectivity index (χ1v) is 14.6. The Morgan fingerprint density at radius 1 is 0.857 bits per heavy atom. The van der Waals surface area contributed by atoms with Gasteiger partial charge in [-0.25, -0.2) is 0 Å². The van der Waals surface area contributed by atoms with E-state index in [1.165, 1.54) is 0 Å². The molecule has 0 radical (unpaired) electrons. The third kappa shape index (κ3) is 10.5. The summed E-state index contributed by atoms with van der Waals surface area (Å²) in [4.78, 5) is 0. The lowest BCUT2D eigenvalue weighted by Gasteiger charge is -2.33. The van der Waals surface area contributed by atoms with Crippen LogP contribution in [0.5, 0.6) is 0 Å². The summed E-state index contributed by atoms with van der Waals surface area (Å²) in [5.41, 5.74) is 3.20. The number of ether oxygens (including phenoxy) is 6. The molecule has 0 amide bonds. The number of rotatable bonds is 18. The van der Waals surface area contributed by atoms with Crippen molar-refractivity contribution in [2.75, 3.05) is 13.2 Å². The van der Waals surface area contributed by atoms with Crippen molar-refractivity contribution < 1.29 is 28.4 Å². The molecule has 0 aromatic heterocycles. The van der Waals surface area contributed by atoms with Crippen molar-refractivity contribution in [3.8, 4) is 0 Å². The van der Waals surface area contributed by atoms with Crippen LogP contribution < -0.4 is 0 Å². The van der Waals surface area contributed by atoms with Crippen LogP contribution >= 0.6 is 0 Å². The number of hydrogen-bond donors (Lipinski definition) is 0. The van der Waals surface area contributed by atoms with Crippen molar-refractivity contribution >= 4 is 0 Å². The van der Waals surface area contributed by atoms with Crippen LogP contribution in [0.15, 0.2) is 116 Å². The minimum Gasteiger partial charge on any atom is -0.490 e. The molecular weight excluding hydrogens is 528 g/mol. The molecule has 1 aliphatic heterocycles. The summed E-state index contributed by atoms with van der Waals surface area (Å²) < 4.78 is 37.3. The van der Waals surface area contributed by atoms with Gasteiger partial charge in [0.15, 0.2) is 11.9 Å². The molecule has 4 rings (SSSR count). The Kier molecular flexibility index (Phi) is 12.4. The Morgan fingerprint density at radius 2 is 1.40 bits per heavy atom. The highest BCUT2D eigenvalue weighted by Gasteiger charge is 2.34. The van der Waals surface area contributed by atoms with Crippen molar-refractivity contribution in [2.24, 2.45) is 0 Å². The van der Waals surface area contributed by atoms with Crippen LogP contribution in [0, 0.1) is 0 Å². The maximum atomic E-state index is 6.55. The van der Waals surface area contributed by atoms with Crippen molar-refractivity contribution in [1.82, 2.24) is 0 Å². The minimum atomic E-state index is -0.565. The van der Waals surface area contributed by atoms with E-state index < -0.39 is 24.1 Å². The van der Waals surface area contributed by atoms with Gasteiger partial charge in [0, 0.05) is 6.42 Å². The molecule has 1 fully saturated rings. The summed E-state index contributed by atoms with van der Waals surface area (Å²) in [6.45, 7) is 14.3. The standard InChI is InChI=1S/C36H44O6/c1-5-33(38-24-30-17-11-7-12-18-30)35(39-25-31-19-13-8-14-20-31)34(27-37-23-29-15-9-6-10-16-29)41-28(2)21-22-32-26-40-36(3,4)42-32/h5-20,32-35H,1-2,21-27H2,3-4H3/t32-,33+,34+,35+/m0/s1. The van der Waals surface area contributed by atoms with Crippen LogP contribution in [-0.4, -0.2) is 43.4 Å². The summed E-state index contributed by atoms with van der Waals surface area (Å²) in [6, 6.07) is 30.2. The topological polar surface area (TPSA) is 55.4 Å². The zero-order valence-corrected chi connectivity index (χ0v) is 24.9. The largest absolute Gasteiger partial charge is 0.490 e. The van der Waals surface area contributed by atoms with E-state index >= 15 is 0 Å². The normalized spacial score (nSPS) is 18.2. The lowest BCUT2D eigenvalue weighted by Crippen LogP contribution is -2.44. The van der Waals surface area contributed by atoms with E-state index in [4.69, 9.17) is 28.4 Å². The Balaban J connectivity index is 1.48. The molecule has 42 heavy (non-hydrogen) atoms. The molecule has 1 saturated heterocycles. The molecule has 0 spiro atoms. The molecule has 1 heterocycles. The third-order valence-electron chi connectivity index (χ3n) is 7.02. The first-order valence-electron chi connectivity index (χ1n) is 14.6. The average molecular weight is 573 g/mol. The third-order valence-corrected chi connectivity index (χ3v) is 7.02. The highest BCUT2D eigenvalue weighted by atomic mass is 16.7. The predicted molar refractivity (Wildman–Crippen MR) is 164 cm³/mol. The maximum absolute atomic E-state index is 6.55. The fourth-order valence-corrected chi connectivity index (χ4v) is 4.81. The molecule has 224 valence electrons. The van der Waals surface area contributed by atoms with Crippen LogP contribution in [0.25, 0.3) is 0 Å². The molecule has 6 heteroatoms. The number of allylic oxidation sites excluding steroid dienone is 1. The average Bonchev–Trinajstić information content (AvgIpc) is 3.37. The zero-order valence-electron chi connectivity index (χ0n) is 24.9. The molecule has 0 unspecified atom stereocenters. The van der Waals surface area contributed by atoms with Crippen molar-refractivity contribution in [1.29, 1.82) is 0 Å². The second kappa shape index (κ2) is 16.4. The van der Waals surface area contributed by atoms with Gasteiger partial charge >= 0.3 is 0 Å². The monoisotopic (exact) mass is 572 g/mol. The van der Waals surface area contributed by atoms with Crippen LogP contribution in [0.2, 0.25) is 0 Å². The zero-order chi connectivity index (χ0) is 29.6. The van der Waals surface area contributed by atoms with Gasteiger partial charge in [-0.2, -0.15) is 0 Å². The molecule has 4 atom stereocenters. The summed E-state index contributed by atoms with van der Waals surface area (Å²) >= 11 is 0. The van der Waals surface area contributed by atoms with Gasteiger partial charge in [0.05, 0.1) is 44.9 Å². The van der Waals surface area contributed by atoms with Crippen molar-refractivity contribution in [2.45, 2.75) is 76.7 Å². The molecule has 3 aromatic carbocycles. The van der Waals surface area contributed by atoms with Gasteiger partial charge in [-0.3, -0.25) is 0 Å². The summed E-state index contributed by atoms with van der Waals surface area (Å²) in [5.74, 6) is 0.0698. The van der Waals surface area contributed by atoms with Gasteiger partial charge in [-0.15, -0.1) is 6.58 Å². The summed E-state index contributed by atoms with van der Waals surface area (Å²) in [7, 11) is 0. The fourth-order valence-electron chi connectivity index (χ4n) is 4.81. The van der Waals surface area contributed by atoms with Gasteiger partial charge in [0.2, 0.25) is 0 Å². The molecule has 0 bridgehead atoms. The van der Waals surface area contributed by atoms with Crippen molar-refractivity contribution in [3.05, 3.63) is 133 Å². The van der Waals surface area contributed by atoms with E-state index in [9.17, 15) is 0 Å². The molecule has 3 aromatic rings. The van der Waals surface area contributed by atoms with Gasteiger partial charge in [0.1, 0.15) is 12.2 Å². The summed E-state index contributed by atoms with van der Waals surface area (Å²) in [5, 5.41) is 0. The van der Waals surface area contributed by atoms with E-state index in [0.29, 0.717) is 38.6 Å². The van der Waals surface area contributed by atoms with Gasteiger partial charge in [-0.1, -0.05) is 104 Å². The molecule has 6 nitrogen and oxygen atoms in total. The molecule has 0 saturated carbocycles. The number of benzene rings is 3. The molecule has 0 N–H and O–H groups in total. The SMILES string of the molecule is C=C[C@@H](OCc1ccccc1)[C@@H](OCc1ccccc1)[C@@H](COCc1ccccc1)OC(=C)CC[C@H]1COC(C)(C)O1. The quantitative estimate of drug-likeness (QED) is 0.117. The molecular formula is C36H44O6. The van der Waals surface area contributed by atoms with Crippen LogP contribution in [0.4, 0.5) is 0 Å². The van der Waals surface area contributed by atoms with E-state index in [-0.39, 0.29) is 12.7 Å². The van der Waals surface area contributed by atoms with Crippen LogP contribution in [0.3, 0.4) is 0 Å². The fraction of sp³-hybridized carbons (Fsp3) is 0.389. The molecule has 0 aliphatic carbocycles. The van der Waals surface area contributed by atoms with E-state index in [2.05, 4.69) is 13.2 Å². The minimum absolute atomic E-state index is 0.00612. The van der Waals surface area contributed by atoms with Gasteiger partial charge in [-0.05, 0) is 37.0 Å². The van der Waals surface area contributed by atoms with Crippen LogP contribution in [-0.2, 0) is 48.2 Å². The maximum Gasteiger partial charge on any atom is 0.163 e. The lowest BCUT2D eigenvalue weighted by molar-refractivity contribution is -0.144. The number of hydrogen-bond acceptors (Lipinski definition) is 6. The smallest absolute Gasteiger partial charge is 0.163 e. The highest BCUT2D eigenvalue weighted by Crippen LogP contribution is 2.27. The second-order valence-electron chi connectivity index (χ2n) is 10.9. The van der Waals surface area contributed by atoms with Gasteiger partial charge < -0.3 is 28.4 Å². The first-order chi connectivity index (χ1) is 20.4. The van der Waals surface area contributed by atoms with Crippen LogP contribution in [0.1, 0.15) is 43.4 Å². The van der Waals surface area contributed by atoms with Crippen molar-refractivity contribution in [3.63, 3.8) is 0 Å². The van der Waals surface area contributed by atoms with Gasteiger partial charge in [0.25, 0.3) is 0 Å². The highest BCUT2D eigenvalue weighted by molar-refractivity contribution is 5.15. The van der Waals surface area contributed by atoms with E-state index in [1.54, 1.807) is 6.08 Å². The van der Waals surface area contributed by atoms with E-state index in [1.807, 2.05) is 105 Å². The Bertz CT molecular complexity index is 1200. The summed E-state index contributed by atoms with van der Waals surface area (Å²) in [6.07, 6.45) is 1.66. The Morgan fingerprint density at radius 3 is 1.93 bits per heavy atom. The predicted octanol–water partition coefficient (Wildman–Crippen LogP) is 7.39. The second-order valence-corrected chi connectivity index (χ2v) is 10.9. The van der Waals surface area contributed by atoms with E-state index in [0.717, 1.165) is 23.1 Å². The first kappa shape index (κ1) is 31.7. The lowest BCUT2D eigenvalue weighted by atomic mass is 10.1. The molecule has 1 aliphatic rings. The Hall–Kier alpha value is -3.26.